The Morgan fingerprint density at radius 2 is 2.04 bits per heavy atom. The zero-order valence-electron chi connectivity index (χ0n) is 14.1. The minimum Gasteiger partial charge on any atom is -0.482 e. The highest BCUT2D eigenvalue weighted by Crippen LogP contribution is 2.23. The SMILES string of the molecule is CC(C)c1ccc(OCC(=O)OCc2coc(-c3cccs3)n2)cc1. The molecule has 2 aromatic heterocycles. The highest BCUT2D eigenvalue weighted by atomic mass is 32.1. The average Bonchev–Trinajstić information content (AvgIpc) is 3.29. The Kier molecular flexibility index (Phi) is 5.50. The zero-order chi connectivity index (χ0) is 17.6. The molecular formula is C19H19NO4S. The van der Waals surface area contributed by atoms with Crippen molar-refractivity contribution in [2.24, 2.45) is 0 Å². The largest absolute Gasteiger partial charge is 0.482 e. The maximum absolute atomic E-state index is 11.8. The van der Waals surface area contributed by atoms with Gasteiger partial charge in [0.25, 0.3) is 0 Å². The van der Waals surface area contributed by atoms with E-state index in [0.717, 1.165) is 4.88 Å². The highest BCUT2D eigenvalue weighted by Gasteiger charge is 2.10. The Bertz CT molecular complexity index is 806. The van der Waals surface area contributed by atoms with Gasteiger partial charge in [-0.1, -0.05) is 32.0 Å². The van der Waals surface area contributed by atoms with Gasteiger partial charge in [-0.3, -0.25) is 0 Å². The van der Waals surface area contributed by atoms with Gasteiger partial charge in [0.05, 0.1) is 4.88 Å². The number of ether oxygens (including phenoxy) is 2. The van der Waals surface area contributed by atoms with Gasteiger partial charge in [-0.25, -0.2) is 9.78 Å². The smallest absolute Gasteiger partial charge is 0.344 e. The van der Waals surface area contributed by atoms with E-state index in [2.05, 4.69) is 18.8 Å². The van der Waals surface area contributed by atoms with Crippen LogP contribution in [0.2, 0.25) is 0 Å². The van der Waals surface area contributed by atoms with Crippen LogP contribution in [0.1, 0.15) is 31.0 Å². The first kappa shape index (κ1) is 17.2. The van der Waals surface area contributed by atoms with E-state index in [1.807, 2.05) is 41.8 Å². The molecule has 130 valence electrons. The summed E-state index contributed by atoms with van der Waals surface area (Å²) in [6.45, 7) is 4.17. The molecule has 5 nitrogen and oxygen atoms in total. The van der Waals surface area contributed by atoms with Crippen LogP contribution in [-0.2, 0) is 16.1 Å². The number of hydrogen-bond donors (Lipinski definition) is 0. The Morgan fingerprint density at radius 3 is 2.72 bits per heavy atom. The lowest BCUT2D eigenvalue weighted by Gasteiger charge is -2.08. The van der Waals surface area contributed by atoms with Gasteiger partial charge in [0.2, 0.25) is 5.89 Å². The number of carbonyl (C=O) groups is 1. The molecule has 0 aliphatic carbocycles. The van der Waals surface area contributed by atoms with Crippen LogP contribution < -0.4 is 4.74 Å². The Balaban J connectivity index is 1.45. The summed E-state index contributed by atoms with van der Waals surface area (Å²) in [4.78, 5) is 17.0. The lowest BCUT2D eigenvalue weighted by atomic mass is 10.0. The normalized spacial score (nSPS) is 10.8. The van der Waals surface area contributed by atoms with Gasteiger partial charge >= 0.3 is 5.97 Å². The lowest BCUT2D eigenvalue weighted by Crippen LogP contribution is -2.14. The number of carbonyl (C=O) groups excluding carboxylic acids is 1. The second kappa shape index (κ2) is 7.98. The monoisotopic (exact) mass is 357 g/mol. The number of rotatable bonds is 7. The standard InChI is InChI=1S/C19H19NO4S/c1-13(2)14-5-7-16(8-6-14)22-12-18(21)23-10-15-11-24-19(20-15)17-4-3-9-25-17/h3-9,11,13H,10,12H2,1-2H3. The molecule has 3 aromatic rings. The Labute approximate surface area is 150 Å². The number of nitrogens with zero attached hydrogens (tertiary/aromatic N) is 1. The Hall–Kier alpha value is -2.60. The molecule has 0 fully saturated rings. The topological polar surface area (TPSA) is 61.6 Å². The van der Waals surface area contributed by atoms with E-state index in [9.17, 15) is 4.79 Å². The maximum atomic E-state index is 11.8. The number of thiophene rings is 1. The van der Waals surface area contributed by atoms with Crippen molar-refractivity contribution >= 4 is 17.3 Å². The maximum Gasteiger partial charge on any atom is 0.344 e. The third kappa shape index (κ3) is 4.70. The molecule has 0 saturated carbocycles. The van der Waals surface area contributed by atoms with E-state index < -0.39 is 5.97 Å². The van der Waals surface area contributed by atoms with Crippen LogP contribution in [0.5, 0.6) is 5.75 Å². The van der Waals surface area contributed by atoms with Crippen molar-refractivity contribution in [1.82, 2.24) is 4.98 Å². The fourth-order valence-electron chi connectivity index (χ4n) is 2.17. The first-order valence-corrected chi connectivity index (χ1v) is 8.86. The van der Waals surface area contributed by atoms with E-state index in [1.165, 1.54) is 23.2 Å². The summed E-state index contributed by atoms with van der Waals surface area (Å²) in [5, 5.41) is 1.95. The van der Waals surface area contributed by atoms with Crippen LogP contribution in [0.4, 0.5) is 0 Å². The molecule has 25 heavy (non-hydrogen) atoms. The zero-order valence-corrected chi connectivity index (χ0v) is 14.9. The van der Waals surface area contributed by atoms with Gasteiger partial charge in [-0.2, -0.15) is 0 Å². The molecule has 0 radical (unpaired) electrons. The van der Waals surface area contributed by atoms with E-state index in [-0.39, 0.29) is 13.2 Å². The second-order valence-corrected chi connectivity index (χ2v) is 6.74. The van der Waals surface area contributed by atoms with Crippen LogP contribution >= 0.6 is 11.3 Å². The van der Waals surface area contributed by atoms with Gasteiger partial charge in [0.15, 0.2) is 6.61 Å². The minimum absolute atomic E-state index is 0.0589. The molecule has 3 rings (SSSR count). The van der Waals surface area contributed by atoms with Gasteiger partial charge in [0.1, 0.15) is 24.3 Å². The van der Waals surface area contributed by atoms with Gasteiger partial charge < -0.3 is 13.9 Å². The van der Waals surface area contributed by atoms with Crippen molar-refractivity contribution in [1.29, 1.82) is 0 Å². The fraction of sp³-hybridized carbons (Fsp3) is 0.263. The summed E-state index contributed by atoms with van der Waals surface area (Å²) in [6, 6.07) is 11.5. The number of hydrogen-bond acceptors (Lipinski definition) is 6. The van der Waals surface area contributed by atoms with Crippen LogP contribution in [0.3, 0.4) is 0 Å². The lowest BCUT2D eigenvalue weighted by molar-refractivity contribution is -0.147. The van der Waals surface area contributed by atoms with E-state index in [1.54, 1.807) is 0 Å². The molecule has 0 amide bonds. The average molecular weight is 357 g/mol. The van der Waals surface area contributed by atoms with Crippen LogP contribution in [0.25, 0.3) is 10.8 Å². The highest BCUT2D eigenvalue weighted by molar-refractivity contribution is 7.13. The van der Waals surface area contributed by atoms with Crippen LogP contribution in [0.15, 0.2) is 52.5 Å². The fourth-order valence-corrected chi connectivity index (χ4v) is 2.83. The number of aromatic nitrogens is 1. The molecule has 1 aromatic carbocycles. The van der Waals surface area contributed by atoms with Crippen molar-refractivity contribution in [2.75, 3.05) is 6.61 Å². The van der Waals surface area contributed by atoms with E-state index in [4.69, 9.17) is 13.9 Å². The van der Waals surface area contributed by atoms with Crippen LogP contribution in [0, 0.1) is 0 Å². The molecule has 0 saturated heterocycles. The molecule has 0 atom stereocenters. The van der Waals surface area contributed by atoms with Crippen molar-refractivity contribution < 1.29 is 18.7 Å². The van der Waals surface area contributed by atoms with Crippen molar-refractivity contribution in [3.8, 4) is 16.5 Å². The number of oxazole rings is 1. The molecule has 0 bridgehead atoms. The molecule has 0 aliphatic heterocycles. The molecule has 6 heteroatoms. The third-order valence-corrected chi connectivity index (χ3v) is 4.43. The predicted octanol–water partition coefficient (Wildman–Crippen LogP) is 4.65. The third-order valence-electron chi connectivity index (χ3n) is 3.57. The number of benzene rings is 1. The summed E-state index contributed by atoms with van der Waals surface area (Å²) < 4.78 is 16.0. The molecule has 0 aliphatic rings. The second-order valence-electron chi connectivity index (χ2n) is 5.79. The van der Waals surface area contributed by atoms with E-state index >= 15 is 0 Å². The summed E-state index contributed by atoms with van der Waals surface area (Å²) in [6.07, 6.45) is 1.49. The van der Waals surface area contributed by atoms with Gasteiger partial charge in [-0.15, -0.1) is 11.3 Å². The molecule has 0 unspecified atom stereocenters. The van der Waals surface area contributed by atoms with Crippen molar-refractivity contribution in [2.45, 2.75) is 26.4 Å². The van der Waals surface area contributed by atoms with E-state index in [0.29, 0.717) is 23.3 Å². The van der Waals surface area contributed by atoms with Gasteiger partial charge in [-0.05, 0) is 35.1 Å². The first-order chi connectivity index (χ1) is 12.1. The molecule has 0 spiro atoms. The van der Waals surface area contributed by atoms with Crippen molar-refractivity contribution in [3.05, 3.63) is 59.3 Å². The quantitative estimate of drug-likeness (QED) is 0.576. The summed E-state index contributed by atoms with van der Waals surface area (Å²) in [5.74, 6) is 1.18. The summed E-state index contributed by atoms with van der Waals surface area (Å²) in [5.41, 5.74) is 1.79. The first-order valence-electron chi connectivity index (χ1n) is 7.98. The van der Waals surface area contributed by atoms with Crippen LogP contribution in [-0.4, -0.2) is 17.6 Å². The van der Waals surface area contributed by atoms with Crippen molar-refractivity contribution in [3.63, 3.8) is 0 Å². The minimum atomic E-state index is -0.450. The molecular weight excluding hydrogens is 338 g/mol. The Morgan fingerprint density at radius 1 is 1.24 bits per heavy atom. The predicted molar refractivity (Wildman–Crippen MR) is 95.6 cm³/mol. The summed E-state index contributed by atoms with van der Waals surface area (Å²) in [7, 11) is 0. The van der Waals surface area contributed by atoms with Gasteiger partial charge in [0, 0.05) is 0 Å². The summed E-state index contributed by atoms with van der Waals surface area (Å²) >= 11 is 1.54. The molecule has 2 heterocycles. The number of esters is 1. The molecule has 0 N–H and O–H groups in total.